The lowest BCUT2D eigenvalue weighted by atomic mass is 10.0. The minimum atomic E-state index is -0.270. The van der Waals surface area contributed by atoms with Crippen molar-refractivity contribution in [3.05, 3.63) is 41.7 Å². The van der Waals surface area contributed by atoms with Crippen LogP contribution in [-0.4, -0.2) is 21.0 Å². The molecule has 1 atom stereocenters. The van der Waals surface area contributed by atoms with Gasteiger partial charge in [-0.2, -0.15) is 5.10 Å². The molecular weight excluding hydrogens is 200 g/mol. The van der Waals surface area contributed by atoms with Crippen molar-refractivity contribution >= 4 is 0 Å². The van der Waals surface area contributed by atoms with Crippen molar-refractivity contribution in [2.24, 2.45) is 0 Å². The van der Waals surface area contributed by atoms with E-state index >= 15 is 0 Å². The average molecular weight is 214 g/mol. The average Bonchev–Trinajstić information content (AvgIpc) is 2.78. The van der Waals surface area contributed by atoms with Crippen molar-refractivity contribution in [2.75, 3.05) is 0 Å². The predicted molar refractivity (Wildman–Crippen MR) is 62.1 cm³/mol. The molecule has 0 saturated heterocycles. The highest BCUT2D eigenvalue weighted by Gasteiger charge is 2.23. The summed E-state index contributed by atoms with van der Waals surface area (Å²) in [6.45, 7) is 2.71. The second-order valence-corrected chi connectivity index (χ2v) is 4.41. The lowest BCUT2D eigenvalue weighted by Gasteiger charge is -2.01. The summed E-state index contributed by atoms with van der Waals surface area (Å²) < 4.78 is 1.90. The van der Waals surface area contributed by atoms with E-state index in [1.54, 1.807) is 0 Å². The monoisotopic (exact) mass is 214 g/mol. The van der Waals surface area contributed by atoms with E-state index in [1.165, 1.54) is 11.1 Å². The maximum absolute atomic E-state index is 9.59. The summed E-state index contributed by atoms with van der Waals surface area (Å²) in [5, 5.41) is 13.9. The van der Waals surface area contributed by atoms with Crippen LogP contribution in [0.2, 0.25) is 0 Å². The fourth-order valence-electron chi connectivity index (χ4n) is 2.24. The van der Waals surface area contributed by atoms with Gasteiger partial charge >= 0.3 is 0 Å². The number of hydrogen-bond acceptors (Lipinski definition) is 2. The molecule has 2 aromatic rings. The van der Waals surface area contributed by atoms with Gasteiger partial charge in [-0.3, -0.25) is 4.68 Å². The summed E-state index contributed by atoms with van der Waals surface area (Å²) in [6, 6.07) is 8.42. The van der Waals surface area contributed by atoms with Crippen LogP contribution in [0.4, 0.5) is 0 Å². The largest absolute Gasteiger partial charge is 0.391 e. The molecule has 3 nitrogen and oxygen atoms in total. The number of aliphatic hydroxyl groups is 1. The van der Waals surface area contributed by atoms with Gasteiger partial charge in [0.15, 0.2) is 0 Å². The number of rotatable bonds is 1. The van der Waals surface area contributed by atoms with Gasteiger partial charge in [0.25, 0.3) is 0 Å². The Balaban J connectivity index is 2.05. The van der Waals surface area contributed by atoms with Gasteiger partial charge in [0.2, 0.25) is 0 Å². The third-order valence-electron chi connectivity index (χ3n) is 3.12. The van der Waals surface area contributed by atoms with Crippen LogP contribution in [0.15, 0.2) is 30.5 Å². The van der Waals surface area contributed by atoms with Crippen LogP contribution in [0.5, 0.6) is 0 Å². The Bertz CT molecular complexity index is 513. The smallest absolute Gasteiger partial charge is 0.0791 e. The molecule has 1 aromatic heterocycles. The van der Waals surface area contributed by atoms with Crippen molar-refractivity contribution in [1.29, 1.82) is 0 Å². The summed E-state index contributed by atoms with van der Waals surface area (Å²) in [6.07, 6.45) is 2.34. The first-order valence-corrected chi connectivity index (χ1v) is 5.54. The standard InChI is InChI=1S/C13H14N2O/c1-9-2-4-10(5-3-9)12-7-14-15-8-11(16)6-13(12)15/h2-5,7,11,16H,6,8H2,1H3/t11-/m1/s1. The summed E-state index contributed by atoms with van der Waals surface area (Å²) >= 11 is 0. The molecule has 0 aliphatic carbocycles. The highest BCUT2D eigenvalue weighted by Crippen LogP contribution is 2.28. The van der Waals surface area contributed by atoms with Gasteiger partial charge in [-0.15, -0.1) is 0 Å². The van der Waals surface area contributed by atoms with E-state index in [0.29, 0.717) is 13.0 Å². The minimum absolute atomic E-state index is 0.270. The first-order valence-electron chi connectivity index (χ1n) is 5.54. The molecule has 3 heteroatoms. The predicted octanol–water partition coefficient (Wildman–Crippen LogP) is 1.78. The van der Waals surface area contributed by atoms with Gasteiger partial charge in [0, 0.05) is 17.7 Å². The van der Waals surface area contributed by atoms with E-state index in [2.05, 4.69) is 36.3 Å². The van der Waals surface area contributed by atoms with Crippen LogP contribution in [0, 0.1) is 6.92 Å². The van der Waals surface area contributed by atoms with Crippen LogP contribution >= 0.6 is 0 Å². The van der Waals surface area contributed by atoms with E-state index in [-0.39, 0.29) is 6.10 Å². The van der Waals surface area contributed by atoms with E-state index in [0.717, 1.165) is 11.3 Å². The van der Waals surface area contributed by atoms with E-state index in [4.69, 9.17) is 0 Å². The zero-order chi connectivity index (χ0) is 11.1. The Morgan fingerprint density at radius 3 is 2.81 bits per heavy atom. The molecule has 1 aliphatic rings. The molecule has 0 unspecified atom stereocenters. The maximum atomic E-state index is 9.59. The molecule has 3 rings (SSSR count). The van der Waals surface area contributed by atoms with E-state index in [9.17, 15) is 5.11 Å². The Kier molecular flexibility index (Phi) is 2.07. The summed E-state index contributed by atoms with van der Waals surface area (Å²) in [4.78, 5) is 0. The Labute approximate surface area is 94.3 Å². The number of benzene rings is 1. The molecule has 0 fully saturated rings. The van der Waals surface area contributed by atoms with Crippen molar-refractivity contribution < 1.29 is 5.11 Å². The molecule has 16 heavy (non-hydrogen) atoms. The fraction of sp³-hybridized carbons (Fsp3) is 0.308. The highest BCUT2D eigenvalue weighted by molar-refractivity contribution is 5.66. The molecule has 0 bridgehead atoms. The van der Waals surface area contributed by atoms with Gasteiger partial charge in [-0.05, 0) is 12.5 Å². The zero-order valence-electron chi connectivity index (χ0n) is 9.22. The van der Waals surface area contributed by atoms with Crippen molar-refractivity contribution in [2.45, 2.75) is 26.0 Å². The second kappa shape index (κ2) is 3.46. The van der Waals surface area contributed by atoms with Crippen molar-refractivity contribution in [1.82, 2.24) is 9.78 Å². The topological polar surface area (TPSA) is 38.0 Å². The molecule has 0 amide bonds. The minimum Gasteiger partial charge on any atom is -0.391 e. The van der Waals surface area contributed by atoms with Gasteiger partial charge in [-0.25, -0.2) is 0 Å². The third-order valence-corrected chi connectivity index (χ3v) is 3.12. The quantitative estimate of drug-likeness (QED) is 0.785. The highest BCUT2D eigenvalue weighted by atomic mass is 16.3. The second-order valence-electron chi connectivity index (χ2n) is 4.41. The number of aliphatic hydroxyl groups excluding tert-OH is 1. The number of aromatic nitrogens is 2. The Morgan fingerprint density at radius 1 is 1.31 bits per heavy atom. The number of fused-ring (bicyclic) bond motifs is 1. The normalized spacial score (nSPS) is 18.8. The van der Waals surface area contributed by atoms with Crippen LogP contribution in [0.25, 0.3) is 11.1 Å². The lowest BCUT2D eigenvalue weighted by molar-refractivity contribution is 0.173. The van der Waals surface area contributed by atoms with Gasteiger partial charge in [0.05, 0.1) is 18.8 Å². The molecule has 0 saturated carbocycles. The molecule has 0 radical (unpaired) electrons. The van der Waals surface area contributed by atoms with Crippen LogP contribution in [0.1, 0.15) is 11.3 Å². The number of nitrogens with zero attached hydrogens (tertiary/aromatic N) is 2. The third kappa shape index (κ3) is 1.44. The molecule has 1 N–H and O–H groups in total. The molecule has 2 heterocycles. The Hall–Kier alpha value is -1.61. The first-order chi connectivity index (χ1) is 7.74. The zero-order valence-corrected chi connectivity index (χ0v) is 9.22. The molecule has 1 aliphatic heterocycles. The number of hydrogen-bond donors (Lipinski definition) is 1. The SMILES string of the molecule is Cc1ccc(-c2cnn3c2C[C@@H](O)C3)cc1. The first kappa shape index (κ1) is 9.60. The summed E-state index contributed by atoms with van der Waals surface area (Å²) in [5.74, 6) is 0. The summed E-state index contributed by atoms with van der Waals surface area (Å²) in [5.41, 5.74) is 4.74. The van der Waals surface area contributed by atoms with E-state index < -0.39 is 0 Å². The molecule has 82 valence electrons. The molecular formula is C13H14N2O. The van der Waals surface area contributed by atoms with Crippen LogP contribution < -0.4 is 0 Å². The van der Waals surface area contributed by atoms with Crippen LogP contribution in [0.3, 0.4) is 0 Å². The van der Waals surface area contributed by atoms with Gasteiger partial charge in [-0.1, -0.05) is 29.8 Å². The Morgan fingerprint density at radius 2 is 2.06 bits per heavy atom. The maximum Gasteiger partial charge on any atom is 0.0791 e. The van der Waals surface area contributed by atoms with Crippen molar-refractivity contribution in [3.63, 3.8) is 0 Å². The van der Waals surface area contributed by atoms with E-state index in [1.807, 2.05) is 10.9 Å². The molecule has 0 spiro atoms. The fourth-order valence-corrected chi connectivity index (χ4v) is 2.24. The van der Waals surface area contributed by atoms with Gasteiger partial charge in [0.1, 0.15) is 0 Å². The van der Waals surface area contributed by atoms with Gasteiger partial charge < -0.3 is 5.11 Å². The summed E-state index contributed by atoms with van der Waals surface area (Å²) in [7, 11) is 0. The molecule has 1 aromatic carbocycles. The van der Waals surface area contributed by atoms with Crippen molar-refractivity contribution in [3.8, 4) is 11.1 Å². The number of aryl methyl sites for hydroxylation is 1. The lowest BCUT2D eigenvalue weighted by Crippen LogP contribution is -2.07. The van der Waals surface area contributed by atoms with Crippen LogP contribution in [-0.2, 0) is 13.0 Å².